The molecule has 1 aliphatic heterocycles. The molecular weight excluding hydrogens is 530 g/mol. The highest BCUT2D eigenvalue weighted by molar-refractivity contribution is 14.1. The number of piperidine rings is 1. The van der Waals surface area contributed by atoms with Gasteiger partial charge in [0, 0.05) is 22.9 Å². The van der Waals surface area contributed by atoms with E-state index in [-0.39, 0.29) is 16.7 Å². The van der Waals surface area contributed by atoms with Crippen LogP contribution >= 0.6 is 22.6 Å². The summed E-state index contributed by atoms with van der Waals surface area (Å²) in [5.74, 6) is 0.0880. The average molecular weight is 551 g/mol. The highest BCUT2D eigenvalue weighted by Gasteiger charge is 2.30. The molecule has 0 N–H and O–H groups in total. The number of hydrogen-bond acceptors (Lipinski definition) is 3. The molecule has 1 amide bonds. The molecule has 30 heavy (non-hydrogen) atoms. The van der Waals surface area contributed by atoms with Crippen molar-refractivity contribution in [3.63, 3.8) is 0 Å². The molecular formula is C21H21F3INO3S. The summed E-state index contributed by atoms with van der Waals surface area (Å²) in [6.45, 7) is 1.06. The molecule has 1 saturated heterocycles. The first-order valence-corrected chi connectivity index (χ1v) is 12.4. The van der Waals surface area contributed by atoms with Crippen molar-refractivity contribution in [1.29, 1.82) is 0 Å². The quantitative estimate of drug-likeness (QED) is 0.513. The molecule has 0 saturated carbocycles. The van der Waals surface area contributed by atoms with E-state index in [1.165, 1.54) is 24.3 Å². The Hall–Kier alpha value is -1.62. The minimum absolute atomic E-state index is 0.114. The van der Waals surface area contributed by atoms with E-state index < -0.39 is 21.6 Å². The molecule has 0 aliphatic carbocycles. The lowest BCUT2D eigenvalue weighted by Gasteiger charge is -2.32. The van der Waals surface area contributed by atoms with Gasteiger partial charge in [-0.05, 0) is 83.7 Å². The van der Waals surface area contributed by atoms with Crippen molar-refractivity contribution in [3.8, 4) is 0 Å². The molecule has 0 radical (unpaired) electrons. The third-order valence-corrected chi connectivity index (χ3v) is 7.35. The third kappa shape index (κ3) is 5.54. The Kier molecular flexibility index (Phi) is 6.81. The van der Waals surface area contributed by atoms with E-state index in [2.05, 4.69) is 0 Å². The molecule has 4 nitrogen and oxygen atoms in total. The van der Waals surface area contributed by atoms with Crippen molar-refractivity contribution in [2.45, 2.75) is 30.3 Å². The van der Waals surface area contributed by atoms with Gasteiger partial charge in [-0.3, -0.25) is 4.79 Å². The van der Waals surface area contributed by atoms with Gasteiger partial charge in [0.15, 0.2) is 9.84 Å². The minimum atomic E-state index is -4.34. The first-order chi connectivity index (χ1) is 13.9. The normalized spacial score (nSPS) is 16.0. The number of nitrogens with zero attached hydrogens (tertiary/aromatic N) is 1. The van der Waals surface area contributed by atoms with E-state index in [0.717, 1.165) is 36.8 Å². The predicted molar refractivity (Wildman–Crippen MR) is 116 cm³/mol. The van der Waals surface area contributed by atoms with Gasteiger partial charge in [-0.1, -0.05) is 12.1 Å². The molecule has 0 spiro atoms. The topological polar surface area (TPSA) is 54.5 Å². The second kappa shape index (κ2) is 8.86. The maximum Gasteiger partial charge on any atom is 0.416 e. The Morgan fingerprint density at radius 1 is 1.10 bits per heavy atom. The molecule has 1 fully saturated rings. The van der Waals surface area contributed by atoms with Crippen molar-refractivity contribution < 1.29 is 26.4 Å². The molecule has 0 unspecified atom stereocenters. The average Bonchev–Trinajstić information content (AvgIpc) is 2.67. The molecule has 3 rings (SSSR count). The molecule has 0 atom stereocenters. The number of carbonyl (C=O) groups is 1. The summed E-state index contributed by atoms with van der Waals surface area (Å²) < 4.78 is 62.3. The van der Waals surface area contributed by atoms with Crippen LogP contribution in [-0.2, 0) is 22.4 Å². The number of amides is 1. The maximum atomic E-state index is 12.9. The fraction of sp³-hybridized carbons (Fsp3) is 0.381. The largest absolute Gasteiger partial charge is 0.416 e. The van der Waals surface area contributed by atoms with Gasteiger partial charge in [-0.25, -0.2) is 8.42 Å². The van der Waals surface area contributed by atoms with Crippen molar-refractivity contribution in [2.75, 3.05) is 19.3 Å². The smallest absolute Gasteiger partial charge is 0.339 e. The zero-order chi connectivity index (χ0) is 22.1. The number of sulfone groups is 1. The molecule has 0 bridgehead atoms. The molecule has 0 aromatic heterocycles. The summed E-state index contributed by atoms with van der Waals surface area (Å²) in [5.41, 5.74) is 0.570. The number of likely N-dealkylation sites (tertiary alicyclic amines) is 1. The highest BCUT2D eigenvalue weighted by atomic mass is 127. The molecule has 162 valence electrons. The van der Waals surface area contributed by atoms with E-state index in [1.54, 1.807) is 11.0 Å². The number of rotatable bonds is 4. The van der Waals surface area contributed by atoms with Crippen LogP contribution in [0.15, 0.2) is 47.4 Å². The number of alkyl halides is 3. The van der Waals surface area contributed by atoms with E-state index in [4.69, 9.17) is 0 Å². The molecule has 9 heteroatoms. The van der Waals surface area contributed by atoms with Crippen LogP contribution in [0.4, 0.5) is 13.2 Å². The third-order valence-electron chi connectivity index (χ3n) is 5.30. The van der Waals surface area contributed by atoms with Crippen LogP contribution < -0.4 is 0 Å². The van der Waals surface area contributed by atoms with Crippen LogP contribution in [-0.4, -0.2) is 38.6 Å². The second-order valence-electron chi connectivity index (χ2n) is 7.55. The van der Waals surface area contributed by atoms with Gasteiger partial charge in [0.1, 0.15) is 0 Å². The summed E-state index contributed by atoms with van der Waals surface area (Å²) in [6.07, 6.45) is -1.07. The van der Waals surface area contributed by atoms with Crippen LogP contribution in [0.3, 0.4) is 0 Å². The maximum absolute atomic E-state index is 12.9. The summed E-state index contributed by atoms with van der Waals surface area (Å²) in [5, 5.41) is 0. The van der Waals surface area contributed by atoms with Crippen LogP contribution in [0.2, 0.25) is 0 Å². The van der Waals surface area contributed by atoms with Crippen molar-refractivity contribution in [3.05, 3.63) is 62.7 Å². The predicted octanol–water partition coefficient (Wildman–Crippen LogP) is 4.81. The highest BCUT2D eigenvalue weighted by Crippen LogP contribution is 2.30. The molecule has 2 aromatic carbocycles. The fourth-order valence-electron chi connectivity index (χ4n) is 3.57. The van der Waals surface area contributed by atoms with Gasteiger partial charge in [0.25, 0.3) is 5.91 Å². The van der Waals surface area contributed by atoms with Gasteiger partial charge in [-0.15, -0.1) is 0 Å². The minimum Gasteiger partial charge on any atom is -0.339 e. The second-order valence-corrected chi connectivity index (χ2v) is 10.7. The standard InChI is InChI=1S/C21H21F3INO3S/c1-30(28,29)17-6-7-19(25)18(13-17)20(27)26-10-8-15(9-11-26)12-14-2-4-16(5-3-14)21(22,23)24/h2-7,13,15H,8-12H2,1H3. The lowest BCUT2D eigenvalue weighted by atomic mass is 9.89. The van der Waals surface area contributed by atoms with Crippen LogP contribution in [0, 0.1) is 9.49 Å². The molecule has 1 heterocycles. The van der Waals surface area contributed by atoms with Gasteiger partial charge < -0.3 is 4.90 Å². The van der Waals surface area contributed by atoms with Crippen LogP contribution in [0.1, 0.15) is 34.3 Å². The Labute approximate surface area is 187 Å². The van der Waals surface area contributed by atoms with Crippen molar-refractivity contribution in [1.82, 2.24) is 4.90 Å². The van der Waals surface area contributed by atoms with Crippen molar-refractivity contribution >= 4 is 38.3 Å². The van der Waals surface area contributed by atoms with E-state index in [0.29, 0.717) is 28.6 Å². The van der Waals surface area contributed by atoms with Gasteiger partial charge >= 0.3 is 6.18 Å². The van der Waals surface area contributed by atoms with Crippen LogP contribution in [0.5, 0.6) is 0 Å². The summed E-state index contributed by atoms with van der Waals surface area (Å²) >= 11 is 2.02. The lowest BCUT2D eigenvalue weighted by molar-refractivity contribution is -0.137. The number of halogens is 4. The Bertz CT molecular complexity index is 1030. The molecule has 1 aliphatic rings. The SMILES string of the molecule is CS(=O)(=O)c1ccc(I)c(C(=O)N2CCC(Cc3ccc(C(F)(F)F)cc3)CC2)c1. The zero-order valence-corrected chi connectivity index (χ0v) is 19.2. The number of benzene rings is 2. The monoisotopic (exact) mass is 551 g/mol. The van der Waals surface area contributed by atoms with E-state index in [1.807, 2.05) is 22.6 Å². The van der Waals surface area contributed by atoms with Crippen LogP contribution in [0.25, 0.3) is 0 Å². The fourth-order valence-corrected chi connectivity index (χ4v) is 4.79. The van der Waals surface area contributed by atoms with E-state index >= 15 is 0 Å². The molecule has 2 aromatic rings. The Balaban J connectivity index is 1.62. The van der Waals surface area contributed by atoms with Crippen molar-refractivity contribution in [2.24, 2.45) is 5.92 Å². The Morgan fingerprint density at radius 3 is 2.23 bits per heavy atom. The summed E-state index contributed by atoms with van der Waals surface area (Å²) in [6, 6.07) is 9.77. The lowest BCUT2D eigenvalue weighted by Crippen LogP contribution is -2.39. The Morgan fingerprint density at radius 2 is 1.70 bits per heavy atom. The van der Waals surface area contributed by atoms with E-state index in [9.17, 15) is 26.4 Å². The first kappa shape index (κ1) is 23.1. The van der Waals surface area contributed by atoms with Gasteiger partial charge in [0.2, 0.25) is 0 Å². The first-order valence-electron chi connectivity index (χ1n) is 9.40. The van der Waals surface area contributed by atoms with Gasteiger partial charge in [-0.2, -0.15) is 13.2 Å². The number of carbonyl (C=O) groups excluding carboxylic acids is 1. The summed E-state index contributed by atoms with van der Waals surface area (Å²) in [4.78, 5) is 14.7. The van der Waals surface area contributed by atoms with Gasteiger partial charge in [0.05, 0.1) is 16.0 Å². The number of hydrogen-bond donors (Lipinski definition) is 0. The zero-order valence-electron chi connectivity index (χ0n) is 16.2. The summed E-state index contributed by atoms with van der Waals surface area (Å²) in [7, 11) is -3.41.